The van der Waals surface area contributed by atoms with Crippen molar-refractivity contribution in [2.24, 2.45) is 28.8 Å². The number of nitrogens with one attached hydrogen (secondary N) is 1. The molecule has 0 unspecified atom stereocenters. The Kier molecular flexibility index (Phi) is 28.6. The molecule has 0 radical (unpaired) electrons. The molecule has 0 saturated carbocycles. The zero-order valence-corrected chi connectivity index (χ0v) is 46.7. The van der Waals surface area contributed by atoms with Crippen LogP contribution in [0, 0.1) is 23.7 Å². The maximum Gasteiger partial charge on any atom is 0.311 e. The van der Waals surface area contributed by atoms with Crippen molar-refractivity contribution in [3.63, 3.8) is 0 Å². The van der Waals surface area contributed by atoms with E-state index in [1.165, 1.54) is 11.3 Å². The van der Waals surface area contributed by atoms with Crippen molar-refractivity contribution in [1.29, 1.82) is 0 Å². The molecule has 3 aromatic rings. The van der Waals surface area contributed by atoms with E-state index in [1.807, 2.05) is 61.3 Å². The van der Waals surface area contributed by atoms with Gasteiger partial charge in [-0.2, -0.15) is 0 Å². The van der Waals surface area contributed by atoms with Gasteiger partial charge in [-0.05, 0) is 99.2 Å². The Morgan fingerprint density at radius 1 is 0.907 bits per heavy atom. The lowest BCUT2D eigenvalue weighted by molar-refractivity contribution is -0.149. The normalized spacial score (nSPS) is 16.2. The summed E-state index contributed by atoms with van der Waals surface area (Å²) < 4.78 is 28.6. The standard InChI is InChI=1S/C57H85N7O10S/c1-9-27-64(56(68)47(41(6)11-3)36-51(65)49-20-15-16-28-63(49)8)50(40(4)5)37-52(72-29-10-2)55-61-48(39-75-55)54(67)60-45(34-42(7)57(69)73-38-44-18-13-12-14-19-44)35-43-22-24-46(25-23-43)74-53(66)21-17-30-70-32-33-71-31-26-59-62-58/h12-14,18-19,22-25,39-42,45,47,49-50,52H,9-11,15-17,20-21,26-38H2,1-8H3,(H,60,67)/t41-,42-,45+,47-,49+,50+,52+/m0/s1. The van der Waals surface area contributed by atoms with E-state index in [4.69, 9.17) is 34.2 Å². The van der Waals surface area contributed by atoms with Gasteiger partial charge < -0.3 is 33.9 Å². The molecule has 1 aliphatic rings. The zero-order chi connectivity index (χ0) is 54.5. The number of Topliss-reactive ketones (excluding diaryl/α,β-unsaturated/α-hetero) is 1. The van der Waals surface area contributed by atoms with Gasteiger partial charge in [0.15, 0.2) is 5.78 Å². The Bertz CT molecular complexity index is 2220. The third kappa shape index (κ3) is 21.7. The van der Waals surface area contributed by atoms with Gasteiger partial charge in [-0.15, -0.1) is 11.3 Å². The number of aromatic nitrogens is 1. The SMILES string of the molecule is CCCO[C@H](C[C@H](C(C)C)N(CCC)C(=O)[C@@H](CC(=O)[C@H]1CCCCN1C)[C@@H](C)CC)c1nc(C(=O)N[C@@H](Cc2ccc(OC(=O)CCCOCCOCCN=[N+]=[N-])cc2)C[C@H](C)C(=O)OCc2ccccc2)cs1. The molecule has 2 heterocycles. The van der Waals surface area contributed by atoms with Crippen molar-refractivity contribution in [3.05, 3.63) is 92.2 Å². The quantitative estimate of drug-likeness (QED) is 0.0144. The fraction of sp³-hybridized carbons (Fsp3) is 0.649. The number of likely N-dealkylation sites (tertiary alicyclic amines) is 1. The van der Waals surface area contributed by atoms with Crippen LogP contribution in [0.2, 0.25) is 0 Å². The minimum Gasteiger partial charge on any atom is -0.461 e. The summed E-state index contributed by atoms with van der Waals surface area (Å²) >= 11 is 1.35. The summed E-state index contributed by atoms with van der Waals surface area (Å²) in [4.78, 5) is 80.7. The van der Waals surface area contributed by atoms with Crippen molar-refractivity contribution in [3.8, 4) is 5.75 Å². The topological polar surface area (TPSA) is 212 Å². The Morgan fingerprint density at radius 2 is 1.64 bits per heavy atom. The van der Waals surface area contributed by atoms with Gasteiger partial charge in [0.05, 0.1) is 31.8 Å². The molecule has 7 atom stereocenters. The highest BCUT2D eigenvalue weighted by atomic mass is 32.1. The molecule has 1 aromatic heterocycles. The molecule has 0 bridgehead atoms. The molecule has 1 saturated heterocycles. The number of ketones is 1. The fourth-order valence-electron chi connectivity index (χ4n) is 9.36. The number of carbonyl (C=O) groups excluding carboxylic acids is 5. The van der Waals surface area contributed by atoms with Crippen molar-refractivity contribution < 1.29 is 47.7 Å². The van der Waals surface area contributed by atoms with Crippen molar-refractivity contribution in [2.45, 2.75) is 156 Å². The second kappa shape index (κ2) is 34.4. The molecule has 18 heteroatoms. The fourth-order valence-corrected chi connectivity index (χ4v) is 10.2. The number of hydrogen-bond donors (Lipinski definition) is 1. The lowest BCUT2D eigenvalue weighted by Gasteiger charge is -2.40. The Labute approximate surface area is 449 Å². The van der Waals surface area contributed by atoms with Crippen molar-refractivity contribution >= 4 is 40.9 Å². The number of benzene rings is 2. The van der Waals surface area contributed by atoms with E-state index in [-0.39, 0.29) is 79.7 Å². The minimum atomic E-state index is -0.564. The molecule has 1 aliphatic heterocycles. The number of ether oxygens (including phenoxy) is 5. The van der Waals surface area contributed by atoms with Crippen LogP contribution in [0.15, 0.2) is 65.1 Å². The first kappa shape index (κ1) is 62.3. The Balaban J connectivity index is 1.48. The summed E-state index contributed by atoms with van der Waals surface area (Å²) in [6.07, 6.45) is 6.68. The second-order valence-corrected chi connectivity index (χ2v) is 21.1. The molecule has 0 spiro atoms. The molecule has 4 rings (SSSR count). The number of rotatable bonds is 36. The van der Waals surface area contributed by atoms with Gasteiger partial charge >= 0.3 is 11.9 Å². The third-order valence-corrected chi connectivity index (χ3v) is 14.8. The average Bonchev–Trinajstić information content (AvgIpc) is 3.91. The first-order valence-corrected chi connectivity index (χ1v) is 28.1. The van der Waals surface area contributed by atoms with Gasteiger partial charge in [0.25, 0.3) is 5.91 Å². The maximum absolute atomic E-state index is 14.9. The molecule has 2 amide bonds. The highest BCUT2D eigenvalue weighted by Crippen LogP contribution is 2.34. The number of hydrogen-bond acceptors (Lipinski definition) is 14. The van der Waals surface area contributed by atoms with E-state index >= 15 is 0 Å². The van der Waals surface area contributed by atoms with Crippen LogP contribution in [0.5, 0.6) is 5.75 Å². The number of amides is 2. The van der Waals surface area contributed by atoms with Crippen molar-refractivity contribution in [1.82, 2.24) is 20.1 Å². The van der Waals surface area contributed by atoms with Crippen LogP contribution in [0.25, 0.3) is 10.4 Å². The highest BCUT2D eigenvalue weighted by molar-refractivity contribution is 7.09. The number of piperidine rings is 1. The predicted octanol–water partition coefficient (Wildman–Crippen LogP) is 10.5. The van der Waals surface area contributed by atoms with Crippen LogP contribution in [-0.4, -0.2) is 122 Å². The molecule has 1 fully saturated rings. The van der Waals surface area contributed by atoms with E-state index in [0.717, 1.165) is 56.2 Å². The van der Waals surface area contributed by atoms with Gasteiger partial charge in [0.1, 0.15) is 29.2 Å². The van der Waals surface area contributed by atoms with Crippen LogP contribution >= 0.6 is 11.3 Å². The molecule has 1 N–H and O–H groups in total. The summed E-state index contributed by atoms with van der Waals surface area (Å²) in [5.41, 5.74) is 10.3. The summed E-state index contributed by atoms with van der Waals surface area (Å²) in [5.74, 6) is -1.56. The third-order valence-electron chi connectivity index (χ3n) is 13.8. The molecule has 75 heavy (non-hydrogen) atoms. The zero-order valence-electron chi connectivity index (χ0n) is 45.9. The number of nitrogens with zero attached hydrogens (tertiary/aromatic N) is 6. The lowest BCUT2D eigenvalue weighted by atomic mass is 9.82. The average molecular weight is 1060 g/mol. The number of esters is 2. The van der Waals surface area contributed by atoms with E-state index in [9.17, 15) is 24.0 Å². The highest BCUT2D eigenvalue weighted by Gasteiger charge is 2.38. The summed E-state index contributed by atoms with van der Waals surface area (Å²) in [6.45, 7) is 18.0. The summed E-state index contributed by atoms with van der Waals surface area (Å²) in [6, 6.07) is 15.6. The number of thiazole rings is 1. The smallest absolute Gasteiger partial charge is 0.311 e. The van der Waals surface area contributed by atoms with Crippen LogP contribution in [0.1, 0.15) is 152 Å². The molecule has 17 nitrogen and oxygen atoms in total. The van der Waals surface area contributed by atoms with E-state index in [0.29, 0.717) is 69.6 Å². The van der Waals surface area contributed by atoms with Gasteiger partial charge in [-0.1, -0.05) is 109 Å². The van der Waals surface area contributed by atoms with Crippen LogP contribution in [0.3, 0.4) is 0 Å². The first-order valence-electron chi connectivity index (χ1n) is 27.3. The predicted molar refractivity (Wildman–Crippen MR) is 291 cm³/mol. The number of azide groups is 1. The van der Waals surface area contributed by atoms with Gasteiger partial charge in [-0.3, -0.25) is 28.9 Å². The maximum atomic E-state index is 14.9. The molecular weight excluding hydrogens is 975 g/mol. The number of likely N-dealkylation sites (N-methyl/N-ethyl adjacent to an activating group) is 1. The van der Waals surface area contributed by atoms with E-state index in [2.05, 4.69) is 54.9 Å². The lowest BCUT2D eigenvalue weighted by Crippen LogP contribution is -2.50. The number of carbonyl (C=O) groups is 5. The van der Waals surface area contributed by atoms with Gasteiger partial charge in [0.2, 0.25) is 5.91 Å². The summed E-state index contributed by atoms with van der Waals surface area (Å²) in [7, 11) is 2.01. The molecule has 0 aliphatic carbocycles. The summed E-state index contributed by atoms with van der Waals surface area (Å²) in [5, 5.41) is 8.94. The largest absolute Gasteiger partial charge is 0.461 e. The van der Waals surface area contributed by atoms with E-state index in [1.54, 1.807) is 24.4 Å². The van der Waals surface area contributed by atoms with Crippen LogP contribution < -0.4 is 10.1 Å². The molecular formula is C57H85N7O10S. The van der Waals surface area contributed by atoms with Crippen LogP contribution in [-0.2, 0) is 51.2 Å². The van der Waals surface area contributed by atoms with Crippen molar-refractivity contribution in [2.75, 3.05) is 59.7 Å². The molecule has 414 valence electrons. The monoisotopic (exact) mass is 1060 g/mol. The Morgan fingerprint density at radius 3 is 2.31 bits per heavy atom. The first-order chi connectivity index (χ1) is 36.2. The van der Waals surface area contributed by atoms with E-state index < -0.39 is 35.9 Å². The molecule has 2 aromatic carbocycles. The van der Waals surface area contributed by atoms with Gasteiger partial charge in [-0.25, -0.2) is 4.98 Å². The second-order valence-electron chi connectivity index (χ2n) is 20.2. The minimum absolute atomic E-state index is 0.0166. The Hall–Kier alpha value is -5.23. The van der Waals surface area contributed by atoms with Crippen LogP contribution in [0.4, 0.5) is 0 Å². The van der Waals surface area contributed by atoms with Gasteiger partial charge in [0, 0.05) is 73.9 Å².